The Hall–Kier alpha value is -1.50. The van der Waals surface area contributed by atoms with E-state index in [1.165, 1.54) is 12.1 Å². The van der Waals surface area contributed by atoms with Gasteiger partial charge in [0.05, 0.1) is 12.6 Å². The first-order chi connectivity index (χ1) is 11.5. The van der Waals surface area contributed by atoms with Crippen LogP contribution in [0.25, 0.3) is 0 Å². The van der Waals surface area contributed by atoms with Gasteiger partial charge >= 0.3 is 0 Å². The second-order valence-electron chi connectivity index (χ2n) is 6.37. The van der Waals surface area contributed by atoms with Gasteiger partial charge in [0.1, 0.15) is 5.82 Å². The Labute approximate surface area is 144 Å². The average molecular weight is 337 g/mol. The number of halogens is 1. The van der Waals surface area contributed by atoms with Crippen molar-refractivity contribution in [2.24, 2.45) is 0 Å². The lowest BCUT2D eigenvalue weighted by atomic mass is 10.1. The molecule has 0 N–H and O–H groups in total. The minimum atomic E-state index is -0.270. The van der Waals surface area contributed by atoms with E-state index in [0.29, 0.717) is 6.54 Å². The van der Waals surface area contributed by atoms with Crippen LogP contribution in [-0.4, -0.2) is 80.1 Å². The number of benzene rings is 1. The first-order valence-corrected chi connectivity index (χ1v) is 8.46. The number of rotatable bonds is 7. The Morgan fingerprint density at radius 2 is 2.04 bits per heavy atom. The molecule has 0 aliphatic carbocycles. The SMILES string of the molecule is COCCN1CCN([C@H](C)C(=O)N(C)Cc2cccc(F)c2)CC1. The smallest absolute Gasteiger partial charge is 0.239 e. The molecule has 0 radical (unpaired) electrons. The zero-order valence-electron chi connectivity index (χ0n) is 14.9. The van der Waals surface area contributed by atoms with E-state index in [0.717, 1.165) is 44.9 Å². The normalized spacial score (nSPS) is 17.7. The molecule has 1 atom stereocenters. The molecule has 134 valence electrons. The topological polar surface area (TPSA) is 36.0 Å². The van der Waals surface area contributed by atoms with Crippen molar-refractivity contribution in [1.82, 2.24) is 14.7 Å². The summed E-state index contributed by atoms with van der Waals surface area (Å²) in [6.45, 7) is 7.72. The first kappa shape index (κ1) is 18.8. The lowest BCUT2D eigenvalue weighted by molar-refractivity contribution is -0.136. The number of likely N-dealkylation sites (N-methyl/N-ethyl adjacent to an activating group) is 1. The summed E-state index contributed by atoms with van der Waals surface area (Å²) in [6.07, 6.45) is 0. The molecule has 0 spiro atoms. The van der Waals surface area contributed by atoms with Gasteiger partial charge in [0, 0.05) is 53.4 Å². The molecule has 1 fully saturated rings. The largest absolute Gasteiger partial charge is 0.383 e. The monoisotopic (exact) mass is 337 g/mol. The van der Waals surface area contributed by atoms with Crippen LogP contribution in [0.15, 0.2) is 24.3 Å². The molecule has 1 aromatic carbocycles. The number of methoxy groups -OCH3 is 1. The van der Waals surface area contributed by atoms with Crippen molar-refractivity contribution in [2.45, 2.75) is 19.5 Å². The van der Waals surface area contributed by atoms with E-state index in [4.69, 9.17) is 4.74 Å². The van der Waals surface area contributed by atoms with Crippen molar-refractivity contribution in [3.8, 4) is 0 Å². The Bertz CT molecular complexity index is 533. The summed E-state index contributed by atoms with van der Waals surface area (Å²) in [5.74, 6) is -0.196. The molecule has 1 amide bonds. The van der Waals surface area contributed by atoms with Crippen LogP contribution < -0.4 is 0 Å². The predicted molar refractivity (Wildman–Crippen MR) is 92.2 cm³/mol. The number of amides is 1. The number of ether oxygens (including phenoxy) is 1. The van der Waals surface area contributed by atoms with Crippen LogP contribution >= 0.6 is 0 Å². The molecule has 0 bridgehead atoms. The van der Waals surface area contributed by atoms with E-state index in [1.807, 2.05) is 13.0 Å². The zero-order valence-corrected chi connectivity index (χ0v) is 14.9. The molecule has 1 aromatic rings. The van der Waals surface area contributed by atoms with Crippen molar-refractivity contribution in [3.05, 3.63) is 35.6 Å². The highest BCUT2D eigenvalue weighted by Gasteiger charge is 2.27. The Morgan fingerprint density at radius 3 is 2.67 bits per heavy atom. The minimum Gasteiger partial charge on any atom is -0.383 e. The van der Waals surface area contributed by atoms with Gasteiger partial charge < -0.3 is 9.64 Å². The molecule has 6 heteroatoms. The highest BCUT2D eigenvalue weighted by molar-refractivity contribution is 5.81. The second kappa shape index (κ2) is 9.11. The minimum absolute atomic E-state index is 0.0737. The second-order valence-corrected chi connectivity index (χ2v) is 6.37. The van der Waals surface area contributed by atoms with Crippen molar-refractivity contribution >= 4 is 5.91 Å². The van der Waals surface area contributed by atoms with Crippen LogP contribution in [0.2, 0.25) is 0 Å². The van der Waals surface area contributed by atoms with Crippen LogP contribution in [0.4, 0.5) is 4.39 Å². The highest BCUT2D eigenvalue weighted by Crippen LogP contribution is 2.11. The number of piperazine rings is 1. The maximum Gasteiger partial charge on any atom is 0.239 e. The fourth-order valence-corrected chi connectivity index (χ4v) is 3.06. The van der Waals surface area contributed by atoms with E-state index in [2.05, 4.69) is 9.80 Å². The van der Waals surface area contributed by atoms with E-state index < -0.39 is 0 Å². The Morgan fingerprint density at radius 1 is 1.33 bits per heavy atom. The maximum atomic E-state index is 13.3. The van der Waals surface area contributed by atoms with Gasteiger partial charge in [-0.15, -0.1) is 0 Å². The summed E-state index contributed by atoms with van der Waals surface area (Å²) in [7, 11) is 3.49. The fourth-order valence-electron chi connectivity index (χ4n) is 3.06. The number of hydrogen-bond acceptors (Lipinski definition) is 4. The quantitative estimate of drug-likeness (QED) is 0.754. The third kappa shape index (κ3) is 5.26. The molecule has 1 aliphatic rings. The third-order valence-corrected chi connectivity index (χ3v) is 4.61. The van der Waals surface area contributed by atoms with Gasteiger partial charge in [0.2, 0.25) is 5.91 Å². The lowest BCUT2D eigenvalue weighted by Crippen LogP contribution is -2.54. The molecule has 1 saturated heterocycles. The highest BCUT2D eigenvalue weighted by atomic mass is 19.1. The summed E-state index contributed by atoms with van der Waals surface area (Å²) in [4.78, 5) is 18.9. The standard InChI is InChI=1S/C18H28FN3O2/c1-15(22-9-7-21(8-10-22)11-12-24-3)18(23)20(2)14-16-5-4-6-17(19)13-16/h4-6,13,15H,7-12,14H2,1-3H3/t15-/m1/s1. The molecule has 24 heavy (non-hydrogen) atoms. The molecular formula is C18H28FN3O2. The summed E-state index contributed by atoms with van der Waals surface area (Å²) >= 11 is 0. The van der Waals surface area contributed by atoms with Crippen molar-refractivity contribution in [2.75, 3.05) is 53.5 Å². The van der Waals surface area contributed by atoms with Crippen molar-refractivity contribution in [3.63, 3.8) is 0 Å². The van der Waals surface area contributed by atoms with Gasteiger partial charge in [-0.05, 0) is 24.6 Å². The van der Waals surface area contributed by atoms with Crippen LogP contribution in [0, 0.1) is 5.82 Å². The van der Waals surface area contributed by atoms with E-state index in [9.17, 15) is 9.18 Å². The van der Waals surface area contributed by atoms with Crippen LogP contribution in [0.1, 0.15) is 12.5 Å². The van der Waals surface area contributed by atoms with Gasteiger partial charge in [-0.1, -0.05) is 12.1 Å². The third-order valence-electron chi connectivity index (χ3n) is 4.61. The number of nitrogens with zero attached hydrogens (tertiary/aromatic N) is 3. The number of carbonyl (C=O) groups is 1. The predicted octanol–water partition coefficient (Wildman–Crippen LogP) is 1.44. The van der Waals surface area contributed by atoms with Crippen LogP contribution in [0.5, 0.6) is 0 Å². The molecule has 1 heterocycles. The summed E-state index contributed by atoms with van der Waals surface area (Å²) in [6, 6.07) is 6.24. The maximum absolute atomic E-state index is 13.3. The van der Waals surface area contributed by atoms with Gasteiger partial charge in [0.25, 0.3) is 0 Å². The van der Waals surface area contributed by atoms with E-state index in [-0.39, 0.29) is 17.8 Å². The van der Waals surface area contributed by atoms with Gasteiger partial charge in [-0.2, -0.15) is 0 Å². The lowest BCUT2D eigenvalue weighted by Gasteiger charge is -2.38. The molecule has 0 unspecified atom stereocenters. The van der Waals surface area contributed by atoms with Gasteiger partial charge in [-0.25, -0.2) is 4.39 Å². The van der Waals surface area contributed by atoms with E-state index >= 15 is 0 Å². The molecule has 5 nitrogen and oxygen atoms in total. The Balaban J connectivity index is 1.83. The van der Waals surface area contributed by atoms with E-state index in [1.54, 1.807) is 25.1 Å². The summed E-state index contributed by atoms with van der Waals surface area (Å²) < 4.78 is 18.4. The molecule has 1 aliphatic heterocycles. The number of hydrogen-bond donors (Lipinski definition) is 0. The Kier molecular flexibility index (Phi) is 7.15. The molecule has 0 saturated carbocycles. The van der Waals surface area contributed by atoms with Crippen LogP contribution in [0.3, 0.4) is 0 Å². The zero-order chi connectivity index (χ0) is 17.5. The summed E-state index contributed by atoms with van der Waals surface area (Å²) in [5.41, 5.74) is 0.808. The summed E-state index contributed by atoms with van der Waals surface area (Å²) in [5, 5.41) is 0. The van der Waals surface area contributed by atoms with Crippen molar-refractivity contribution < 1.29 is 13.9 Å². The fraction of sp³-hybridized carbons (Fsp3) is 0.611. The average Bonchev–Trinajstić information content (AvgIpc) is 2.59. The molecule has 0 aromatic heterocycles. The molecular weight excluding hydrogens is 309 g/mol. The van der Waals surface area contributed by atoms with Crippen molar-refractivity contribution in [1.29, 1.82) is 0 Å². The number of carbonyl (C=O) groups excluding carboxylic acids is 1. The van der Waals surface area contributed by atoms with Gasteiger partial charge in [-0.3, -0.25) is 14.6 Å². The first-order valence-electron chi connectivity index (χ1n) is 8.46. The molecule has 2 rings (SSSR count). The van der Waals surface area contributed by atoms with Crippen LogP contribution in [-0.2, 0) is 16.1 Å². The van der Waals surface area contributed by atoms with Gasteiger partial charge in [0.15, 0.2) is 0 Å².